The maximum atomic E-state index is 5.38. The van der Waals surface area contributed by atoms with Crippen molar-refractivity contribution in [2.75, 3.05) is 12.4 Å². The minimum absolute atomic E-state index is 0.777. The number of hydrogen-bond donors (Lipinski definition) is 1. The van der Waals surface area contributed by atoms with Crippen LogP contribution in [0.1, 0.15) is 5.56 Å². The molecule has 0 bridgehead atoms. The average Bonchev–Trinajstić information content (AvgIpc) is 2.82. The fraction of sp³-hybridized carbons (Fsp3) is 0.200. The fourth-order valence-electron chi connectivity index (χ4n) is 2.22. The van der Waals surface area contributed by atoms with Crippen molar-refractivity contribution in [2.24, 2.45) is 7.05 Å². The van der Waals surface area contributed by atoms with Gasteiger partial charge in [0.15, 0.2) is 0 Å². The fourth-order valence-corrected chi connectivity index (χ4v) is 2.22. The molecule has 3 rings (SSSR count). The lowest BCUT2D eigenvalue weighted by molar-refractivity contribution is 0.416. The highest BCUT2D eigenvalue weighted by Gasteiger charge is 2.09. The molecule has 0 aliphatic carbocycles. The zero-order valence-electron chi connectivity index (χ0n) is 11.7. The van der Waals surface area contributed by atoms with Crippen LogP contribution in [-0.2, 0) is 7.05 Å². The number of aryl methyl sites for hydroxylation is 2. The Morgan fingerprint density at radius 2 is 2.05 bits per heavy atom. The summed E-state index contributed by atoms with van der Waals surface area (Å²) in [5.74, 6) is 1.57. The van der Waals surface area contributed by atoms with Gasteiger partial charge in [-0.15, -0.1) is 0 Å². The van der Waals surface area contributed by atoms with Gasteiger partial charge in [-0.3, -0.25) is 0 Å². The number of nitrogens with zero attached hydrogens (tertiary/aromatic N) is 3. The standard InChI is InChI=1S/C15H16N4O/c1-10-4-5-13(20-3)12(8-10)18-14-11-6-7-19(2)15(11)17-9-16-14/h4-9H,1-3H3,(H,16,17,18). The monoisotopic (exact) mass is 268 g/mol. The van der Waals surface area contributed by atoms with Gasteiger partial charge in [-0.05, 0) is 30.7 Å². The molecule has 0 unspecified atom stereocenters. The van der Waals surface area contributed by atoms with Crippen molar-refractivity contribution >= 4 is 22.5 Å². The van der Waals surface area contributed by atoms with Gasteiger partial charge in [0.05, 0.1) is 18.2 Å². The molecule has 0 fully saturated rings. The quantitative estimate of drug-likeness (QED) is 0.793. The van der Waals surface area contributed by atoms with Gasteiger partial charge < -0.3 is 14.6 Å². The predicted octanol–water partition coefficient (Wildman–Crippen LogP) is 3.03. The molecule has 102 valence electrons. The van der Waals surface area contributed by atoms with Crippen LogP contribution in [0.5, 0.6) is 5.75 Å². The first-order valence-corrected chi connectivity index (χ1v) is 6.37. The van der Waals surface area contributed by atoms with Crippen molar-refractivity contribution in [3.05, 3.63) is 42.4 Å². The minimum Gasteiger partial charge on any atom is -0.495 e. The predicted molar refractivity (Wildman–Crippen MR) is 79.5 cm³/mol. The molecule has 0 amide bonds. The summed E-state index contributed by atoms with van der Waals surface area (Å²) in [4.78, 5) is 8.61. The Labute approximate surface area is 117 Å². The smallest absolute Gasteiger partial charge is 0.145 e. The molecule has 1 aromatic carbocycles. The highest BCUT2D eigenvalue weighted by atomic mass is 16.5. The molecule has 0 aliphatic rings. The van der Waals surface area contributed by atoms with E-state index >= 15 is 0 Å². The molecule has 0 atom stereocenters. The maximum absolute atomic E-state index is 5.38. The zero-order valence-corrected chi connectivity index (χ0v) is 11.7. The Bertz CT molecular complexity index is 764. The molecule has 0 saturated carbocycles. The average molecular weight is 268 g/mol. The molecule has 5 nitrogen and oxygen atoms in total. The van der Waals surface area contributed by atoms with Crippen LogP contribution >= 0.6 is 0 Å². The number of hydrogen-bond acceptors (Lipinski definition) is 4. The molecule has 5 heteroatoms. The van der Waals surface area contributed by atoms with Crippen LogP contribution in [0.4, 0.5) is 11.5 Å². The van der Waals surface area contributed by atoms with Gasteiger partial charge >= 0.3 is 0 Å². The van der Waals surface area contributed by atoms with Crippen molar-refractivity contribution in [3.8, 4) is 5.75 Å². The number of rotatable bonds is 3. The molecule has 0 saturated heterocycles. The molecular formula is C15H16N4O. The highest BCUT2D eigenvalue weighted by molar-refractivity contribution is 5.89. The molecular weight excluding hydrogens is 252 g/mol. The van der Waals surface area contributed by atoms with Gasteiger partial charge in [0, 0.05) is 13.2 Å². The lowest BCUT2D eigenvalue weighted by Gasteiger charge is -2.12. The molecule has 0 radical (unpaired) electrons. The number of ether oxygens (including phenoxy) is 1. The third kappa shape index (κ3) is 2.07. The van der Waals surface area contributed by atoms with Gasteiger partial charge in [-0.2, -0.15) is 0 Å². The molecule has 0 spiro atoms. The second-order valence-electron chi connectivity index (χ2n) is 4.71. The van der Waals surface area contributed by atoms with Crippen LogP contribution in [0.3, 0.4) is 0 Å². The molecule has 1 N–H and O–H groups in total. The Kier molecular flexibility index (Phi) is 3.02. The normalized spacial score (nSPS) is 10.8. The third-order valence-corrected chi connectivity index (χ3v) is 3.27. The number of anilines is 2. The first kappa shape index (κ1) is 12.5. The van der Waals surface area contributed by atoms with E-state index in [0.717, 1.165) is 33.9 Å². The number of benzene rings is 1. The van der Waals surface area contributed by atoms with E-state index in [1.54, 1.807) is 13.4 Å². The highest BCUT2D eigenvalue weighted by Crippen LogP contribution is 2.30. The van der Waals surface area contributed by atoms with E-state index in [2.05, 4.69) is 15.3 Å². The number of methoxy groups -OCH3 is 1. The first-order valence-electron chi connectivity index (χ1n) is 6.37. The molecule has 2 heterocycles. The third-order valence-electron chi connectivity index (χ3n) is 3.27. The molecule has 2 aromatic heterocycles. The first-order chi connectivity index (χ1) is 9.69. The largest absolute Gasteiger partial charge is 0.495 e. The van der Waals surface area contributed by atoms with Gasteiger partial charge in [-0.25, -0.2) is 9.97 Å². The number of nitrogens with one attached hydrogen (secondary N) is 1. The van der Waals surface area contributed by atoms with Crippen LogP contribution in [0.15, 0.2) is 36.8 Å². The van der Waals surface area contributed by atoms with Gasteiger partial charge in [0.25, 0.3) is 0 Å². The van der Waals surface area contributed by atoms with Crippen molar-refractivity contribution in [3.63, 3.8) is 0 Å². The number of fused-ring (bicyclic) bond motifs is 1. The summed E-state index contributed by atoms with van der Waals surface area (Å²) >= 11 is 0. The van der Waals surface area contributed by atoms with Gasteiger partial charge in [0.1, 0.15) is 23.5 Å². The van der Waals surface area contributed by atoms with E-state index < -0.39 is 0 Å². The lowest BCUT2D eigenvalue weighted by Crippen LogP contribution is -1.99. The Morgan fingerprint density at radius 3 is 2.85 bits per heavy atom. The lowest BCUT2D eigenvalue weighted by atomic mass is 10.2. The Balaban J connectivity index is 2.07. The van der Waals surface area contributed by atoms with E-state index in [-0.39, 0.29) is 0 Å². The molecule has 0 aliphatic heterocycles. The topological polar surface area (TPSA) is 52.0 Å². The van der Waals surface area contributed by atoms with Crippen molar-refractivity contribution in [1.29, 1.82) is 0 Å². The van der Waals surface area contributed by atoms with Crippen LogP contribution in [0.25, 0.3) is 11.0 Å². The number of aromatic nitrogens is 3. The summed E-state index contributed by atoms with van der Waals surface area (Å²) in [6, 6.07) is 8.00. The minimum atomic E-state index is 0.777. The SMILES string of the molecule is COc1ccc(C)cc1Nc1ncnc2c1ccn2C. The van der Waals surface area contributed by atoms with Crippen molar-refractivity contribution in [1.82, 2.24) is 14.5 Å². The van der Waals surface area contributed by atoms with Crippen LogP contribution in [0.2, 0.25) is 0 Å². The van der Waals surface area contributed by atoms with Gasteiger partial charge in [0.2, 0.25) is 0 Å². The summed E-state index contributed by atoms with van der Waals surface area (Å²) in [7, 11) is 3.63. The second-order valence-corrected chi connectivity index (χ2v) is 4.71. The summed E-state index contributed by atoms with van der Waals surface area (Å²) in [6.45, 7) is 2.04. The second kappa shape index (κ2) is 4.85. The Morgan fingerprint density at radius 1 is 1.20 bits per heavy atom. The zero-order chi connectivity index (χ0) is 14.1. The summed E-state index contributed by atoms with van der Waals surface area (Å²) < 4.78 is 7.35. The van der Waals surface area contributed by atoms with Crippen molar-refractivity contribution < 1.29 is 4.74 Å². The van der Waals surface area contributed by atoms with E-state index in [1.165, 1.54) is 0 Å². The van der Waals surface area contributed by atoms with E-state index in [9.17, 15) is 0 Å². The maximum Gasteiger partial charge on any atom is 0.145 e. The summed E-state index contributed by atoms with van der Waals surface area (Å²) in [5.41, 5.74) is 2.96. The molecule has 3 aromatic rings. The summed E-state index contributed by atoms with van der Waals surface area (Å²) in [5, 5.41) is 4.32. The van der Waals surface area contributed by atoms with Gasteiger partial charge in [-0.1, -0.05) is 6.07 Å². The molecule has 20 heavy (non-hydrogen) atoms. The van der Waals surface area contributed by atoms with Crippen LogP contribution in [0, 0.1) is 6.92 Å². The van der Waals surface area contributed by atoms with Crippen molar-refractivity contribution in [2.45, 2.75) is 6.92 Å². The van der Waals surface area contributed by atoms with Crippen LogP contribution in [-0.4, -0.2) is 21.6 Å². The van der Waals surface area contributed by atoms with E-state index in [0.29, 0.717) is 0 Å². The summed E-state index contributed by atoms with van der Waals surface area (Å²) in [6.07, 6.45) is 3.53. The Hall–Kier alpha value is -2.56. The van der Waals surface area contributed by atoms with E-state index in [1.807, 2.05) is 49.0 Å². The van der Waals surface area contributed by atoms with E-state index in [4.69, 9.17) is 4.74 Å². The van der Waals surface area contributed by atoms with Crippen LogP contribution < -0.4 is 10.1 Å².